The van der Waals surface area contributed by atoms with Crippen molar-refractivity contribution in [2.24, 2.45) is 0 Å². The quantitative estimate of drug-likeness (QED) is 0.846. The molecule has 25 heavy (non-hydrogen) atoms. The number of carbonyl (C=O) groups excluding carboxylic acids is 1. The fourth-order valence-corrected chi connectivity index (χ4v) is 2.79. The highest BCUT2D eigenvalue weighted by Crippen LogP contribution is 2.40. The van der Waals surface area contributed by atoms with Crippen LogP contribution in [0.1, 0.15) is 11.1 Å². The van der Waals surface area contributed by atoms with Crippen LogP contribution in [-0.2, 0) is 4.79 Å². The van der Waals surface area contributed by atoms with Crippen molar-refractivity contribution in [1.29, 1.82) is 0 Å². The molecule has 1 heterocycles. The van der Waals surface area contributed by atoms with E-state index in [4.69, 9.17) is 18.9 Å². The van der Waals surface area contributed by atoms with Crippen LogP contribution in [-0.4, -0.2) is 34.3 Å². The lowest BCUT2D eigenvalue weighted by Crippen LogP contribution is -2.03. The summed E-state index contributed by atoms with van der Waals surface area (Å²) in [5.74, 6) is 2.07. The maximum atomic E-state index is 12.4. The van der Waals surface area contributed by atoms with Crippen LogP contribution >= 0.6 is 0 Å². The number of benzene rings is 2. The molecule has 0 aromatic heterocycles. The molecule has 0 atom stereocenters. The summed E-state index contributed by atoms with van der Waals surface area (Å²) in [6, 6.07) is 9.04. The molecule has 1 N–H and O–H groups in total. The van der Waals surface area contributed by atoms with Gasteiger partial charge in [0.1, 0.15) is 5.75 Å². The summed E-state index contributed by atoms with van der Waals surface area (Å²) >= 11 is 0. The molecule has 0 saturated carbocycles. The van der Waals surface area contributed by atoms with Crippen LogP contribution in [0.3, 0.4) is 0 Å². The second kappa shape index (κ2) is 6.76. The number of carbonyl (C=O) groups is 1. The predicted molar refractivity (Wildman–Crippen MR) is 95.6 cm³/mol. The zero-order valence-corrected chi connectivity index (χ0v) is 14.5. The van der Waals surface area contributed by atoms with Gasteiger partial charge in [-0.15, -0.1) is 0 Å². The zero-order chi connectivity index (χ0) is 18.0. The molecule has 1 amide bonds. The average molecular weight is 341 g/mol. The van der Waals surface area contributed by atoms with Gasteiger partial charge in [-0.2, -0.15) is 0 Å². The van der Waals surface area contributed by atoms with Gasteiger partial charge in [0.15, 0.2) is 11.5 Å². The second-order valence-corrected chi connectivity index (χ2v) is 5.38. The molecule has 0 saturated heterocycles. The van der Waals surface area contributed by atoms with Gasteiger partial charge in [-0.05, 0) is 42.0 Å². The highest BCUT2D eigenvalue weighted by molar-refractivity contribution is 6.35. The van der Waals surface area contributed by atoms with E-state index in [1.54, 1.807) is 46.6 Å². The molecule has 0 aliphatic carbocycles. The smallest absolute Gasteiger partial charge is 0.256 e. The van der Waals surface area contributed by atoms with E-state index in [2.05, 4.69) is 5.32 Å². The molecule has 2 aromatic carbocycles. The van der Waals surface area contributed by atoms with E-state index < -0.39 is 0 Å². The first-order chi connectivity index (χ1) is 12.1. The summed E-state index contributed by atoms with van der Waals surface area (Å²) < 4.78 is 21.3. The van der Waals surface area contributed by atoms with Crippen molar-refractivity contribution in [3.8, 4) is 23.0 Å². The Morgan fingerprint density at radius 1 is 0.880 bits per heavy atom. The lowest BCUT2D eigenvalue weighted by atomic mass is 10.0. The highest BCUT2D eigenvalue weighted by atomic mass is 16.5. The third-order valence-corrected chi connectivity index (χ3v) is 4.01. The van der Waals surface area contributed by atoms with E-state index >= 15 is 0 Å². The molecule has 130 valence electrons. The minimum absolute atomic E-state index is 0.169. The second-order valence-electron chi connectivity index (χ2n) is 5.38. The van der Waals surface area contributed by atoms with Crippen molar-refractivity contribution in [3.63, 3.8) is 0 Å². The van der Waals surface area contributed by atoms with Gasteiger partial charge >= 0.3 is 0 Å². The molecule has 1 aliphatic rings. The average Bonchev–Trinajstić information content (AvgIpc) is 2.95. The molecule has 0 spiro atoms. The van der Waals surface area contributed by atoms with Gasteiger partial charge in [0.25, 0.3) is 5.91 Å². The maximum absolute atomic E-state index is 12.4. The van der Waals surface area contributed by atoms with Crippen molar-refractivity contribution in [2.45, 2.75) is 0 Å². The van der Waals surface area contributed by atoms with E-state index in [0.29, 0.717) is 28.6 Å². The molecule has 0 unspecified atom stereocenters. The summed E-state index contributed by atoms with van der Waals surface area (Å²) in [5.41, 5.74) is 2.85. The number of rotatable bonds is 5. The van der Waals surface area contributed by atoms with Gasteiger partial charge in [0, 0.05) is 16.8 Å². The molecule has 0 fully saturated rings. The van der Waals surface area contributed by atoms with Gasteiger partial charge in [-0.1, -0.05) is 0 Å². The van der Waals surface area contributed by atoms with Crippen molar-refractivity contribution in [3.05, 3.63) is 41.5 Å². The van der Waals surface area contributed by atoms with Crippen LogP contribution in [0.5, 0.6) is 23.0 Å². The fraction of sp³-hybridized carbons (Fsp3) is 0.211. The number of methoxy groups -OCH3 is 4. The Bertz CT molecular complexity index is 832. The van der Waals surface area contributed by atoms with Gasteiger partial charge in [0.2, 0.25) is 5.75 Å². The summed E-state index contributed by atoms with van der Waals surface area (Å²) in [5, 5.41) is 2.85. The molecule has 0 radical (unpaired) electrons. The molecule has 0 bridgehead atoms. The maximum Gasteiger partial charge on any atom is 0.256 e. The standard InChI is InChI=1S/C19H19NO5/c1-22-12-5-6-15-13(10-12)14(19(21)20-15)7-11-8-16(23-2)18(25-4)17(9-11)24-3/h5-10H,1-4H3,(H,20,21)/b14-7-. The van der Waals surface area contributed by atoms with Crippen LogP contribution in [0.25, 0.3) is 11.6 Å². The molecule has 3 rings (SSSR count). The molecule has 6 heteroatoms. The van der Waals surface area contributed by atoms with E-state index in [1.807, 2.05) is 18.2 Å². The number of hydrogen-bond donors (Lipinski definition) is 1. The van der Waals surface area contributed by atoms with Crippen molar-refractivity contribution in [1.82, 2.24) is 0 Å². The third-order valence-electron chi connectivity index (χ3n) is 4.01. The Balaban J connectivity index is 2.11. The van der Waals surface area contributed by atoms with E-state index in [9.17, 15) is 4.79 Å². The summed E-state index contributed by atoms with van der Waals surface area (Å²) in [7, 11) is 6.24. The molecule has 6 nitrogen and oxygen atoms in total. The lowest BCUT2D eigenvalue weighted by Gasteiger charge is -2.13. The Labute approximate surface area is 146 Å². The first-order valence-corrected chi connectivity index (χ1v) is 7.62. The Hall–Kier alpha value is -3.15. The van der Waals surface area contributed by atoms with E-state index in [0.717, 1.165) is 16.8 Å². The minimum atomic E-state index is -0.169. The van der Waals surface area contributed by atoms with Crippen LogP contribution in [0, 0.1) is 0 Å². The van der Waals surface area contributed by atoms with Gasteiger partial charge in [-0.25, -0.2) is 0 Å². The van der Waals surface area contributed by atoms with Gasteiger partial charge in [-0.3, -0.25) is 4.79 Å². The number of hydrogen-bond acceptors (Lipinski definition) is 5. The van der Waals surface area contributed by atoms with Gasteiger partial charge in [0.05, 0.1) is 28.4 Å². The number of anilines is 1. The topological polar surface area (TPSA) is 66.0 Å². The first kappa shape index (κ1) is 16.7. The minimum Gasteiger partial charge on any atom is -0.497 e. The van der Waals surface area contributed by atoms with Crippen LogP contribution < -0.4 is 24.3 Å². The Morgan fingerprint density at radius 3 is 2.12 bits per heavy atom. The summed E-state index contributed by atoms with van der Waals surface area (Å²) in [6.07, 6.45) is 1.78. The molecular weight excluding hydrogens is 322 g/mol. The van der Waals surface area contributed by atoms with Crippen LogP contribution in [0.2, 0.25) is 0 Å². The lowest BCUT2D eigenvalue weighted by molar-refractivity contribution is -0.110. The zero-order valence-electron chi connectivity index (χ0n) is 14.5. The van der Waals surface area contributed by atoms with Crippen LogP contribution in [0.15, 0.2) is 30.3 Å². The highest BCUT2D eigenvalue weighted by Gasteiger charge is 2.25. The largest absolute Gasteiger partial charge is 0.497 e. The Kier molecular flexibility index (Phi) is 4.52. The molecule has 2 aromatic rings. The summed E-state index contributed by atoms with van der Waals surface area (Å²) in [4.78, 5) is 12.4. The molecule has 1 aliphatic heterocycles. The molecular formula is C19H19NO5. The SMILES string of the molecule is COc1ccc2c(c1)/C(=C/c1cc(OC)c(OC)c(OC)c1)C(=O)N2. The normalized spacial score (nSPS) is 14.1. The first-order valence-electron chi connectivity index (χ1n) is 7.62. The number of nitrogens with one attached hydrogen (secondary N) is 1. The summed E-state index contributed by atoms with van der Waals surface area (Å²) in [6.45, 7) is 0. The van der Waals surface area contributed by atoms with E-state index in [1.165, 1.54) is 0 Å². The number of amides is 1. The Morgan fingerprint density at radius 2 is 1.56 bits per heavy atom. The van der Waals surface area contributed by atoms with E-state index in [-0.39, 0.29) is 5.91 Å². The van der Waals surface area contributed by atoms with Crippen LogP contribution in [0.4, 0.5) is 5.69 Å². The third kappa shape index (κ3) is 2.98. The van der Waals surface area contributed by atoms with Gasteiger partial charge < -0.3 is 24.3 Å². The van der Waals surface area contributed by atoms with Crippen molar-refractivity contribution in [2.75, 3.05) is 33.8 Å². The number of ether oxygens (including phenoxy) is 4. The van der Waals surface area contributed by atoms with Crippen molar-refractivity contribution >= 4 is 23.2 Å². The predicted octanol–water partition coefficient (Wildman–Crippen LogP) is 3.21. The van der Waals surface area contributed by atoms with Crippen molar-refractivity contribution < 1.29 is 23.7 Å². The number of fused-ring (bicyclic) bond motifs is 1. The fourth-order valence-electron chi connectivity index (χ4n) is 2.79. The monoisotopic (exact) mass is 341 g/mol.